The topological polar surface area (TPSA) is 40.6 Å². The van der Waals surface area contributed by atoms with E-state index in [1.807, 2.05) is 12.1 Å². The van der Waals surface area contributed by atoms with Crippen molar-refractivity contribution in [2.75, 3.05) is 26.2 Å². The maximum Gasteiger partial charge on any atom is 0.218 e. The second-order valence-electron chi connectivity index (χ2n) is 6.74. The molecule has 2 aromatic carbocycles. The smallest absolute Gasteiger partial charge is 0.218 e. The highest BCUT2D eigenvalue weighted by molar-refractivity contribution is 7.88. The van der Waals surface area contributed by atoms with Crippen molar-refractivity contribution >= 4 is 10.0 Å². The van der Waals surface area contributed by atoms with Gasteiger partial charge in [0.05, 0.1) is 5.75 Å². The average Bonchev–Trinajstić information content (AvgIpc) is 2.63. The molecule has 2 aromatic rings. The van der Waals surface area contributed by atoms with Crippen LogP contribution in [0.4, 0.5) is 4.39 Å². The summed E-state index contributed by atoms with van der Waals surface area (Å²) in [5.74, 6) is -0.435. The number of hydrogen-bond donors (Lipinski definition) is 0. The highest BCUT2D eigenvalue weighted by Crippen LogP contribution is 2.33. The van der Waals surface area contributed by atoms with Gasteiger partial charge in [-0.05, 0) is 35.2 Å². The van der Waals surface area contributed by atoms with Crippen molar-refractivity contribution < 1.29 is 12.8 Å². The third-order valence-electron chi connectivity index (χ3n) is 5.19. The van der Waals surface area contributed by atoms with Gasteiger partial charge < -0.3 is 0 Å². The summed E-state index contributed by atoms with van der Waals surface area (Å²) in [5.41, 5.74) is 3.19. The Hall–Kier alpha value is -1.76. The van der Waals surface area contributed by atoms with E-state index in [4.69, 9.17) is 0 Å². The van der Waals surface area contributed by atoms with Crippen molar-refractivity contribution in [3.63, 3.8) is 0 Å². The van der Waals surface area contributed by atoms with Crippen molar-refractivity contribution in [1.82, 2.24) is 9.21 Å². The van der Waals surface area contributed by atoms with Crippen LogP contribution in [0.5, 0.6) is 0 Å². The molecule has 25 heavy (non-hydrogen) atoms. The number of benzene rings is 2. The van der Waals surface area contributed by atoms with E-state index in [9.17, 15) is 12.8 Å². The second-order valence-corrected chi connectivity index (χ2v) is 8.71. The Balaban J connectivity index is 1.55. The lowest BCUT2D eigenvalue weighted by atomic mass is 9.91. The fraction of sp³-hybridized carbons (Fsp3) is 0.368. The van der Waals surface area contributed by atoms with Crippen LogP contribution in [0, 0.1) is 5.82 Å². The molecule has 1 saturated heterocycles. The summed E-state index contributed by atoms with van der Waals surface area (Å²) in [7, 11) is -3.42. The van der Waals surface area contributed by atoms with Crippen LogP contribution in [0.2, 0.25) is 0 Å². The molecule has 0 amide bonds. The lowest BCUT2D eigenvalue weighted by Crippen LogP contribution is -2.52. The molecule has 2 heterocycles. The molecule has 2 aliphatic heterocycles. The third kappa shape index (κ3) is 3.34. The van der Waals surface area contributed by atoms with Crippen LogP contribution in [0.15, 0.2) is 48.5 Å². The number of nitrogens with zero attached hydrogens (tertiary/aromatic N) is 2. The number of piperazine rings is 1. The van der Waals surface area contributed by atoms with Crippen molar-refractivity contribution in [3.8, 4) is 0 Å². The normalized spacial score (nSPS) is 21.6. The van der Waals surface area contributed by atoms with Gasteiger partial charge in [0.2, 0.25) is 10.0 Å². The Labute approximate surface area is 147 Å². The van der Waals surface area contributed by atoms with Gasteiger partial charge in [0.15, 0.2) is 0 Å². The zero-order valence-electron chi connectivity index (χ0n) is 13.9. The van der Waals surface area contributed by atoms with Crippen LogP contribution >= 0.6 is 0 Å². The van der Waals surface area contributed by atoms with Crippen LogP contribution in [0.1, 0.15) is 22.7 Å². The molecule has 0 bridgehead atoms. The highest BCUT2D eigenvalue weighted by atomic mass is 32.2. The average molecular weight is 360 g/mol. The molecule has 2 aliphatic rings. The Kier molecular flexibility index (Phi) is 4.35. The molecule has 1 fully saturated rings. The largest absolute Gasteiger partial charge is 0.293 e. The summed E-state index contributed by atoms with van der Waals surface area (Å²) in [6.45, 7) is 2.73. The quantitative estimate of drug-likeness (QED) is 0.845. The molecule has 0 radical (unpaired) electrons. The molecular weight excluding hydrogens is 339 g/mol. The Bertz CT molecular complexity index is 867. The van der Waals surface area contributed by atoms with Crippen LogP contribution < -0.4 is 0 Å². The maximum atomic E-state index is 13.0. The maximum absolute atomic E-state index is 13.0. The van der Waals surface area contributed by atoms with E-state index in [0.717, 1.165) is 19.5 Å². The summed E-state index contributed by atoms with van der Waals surface area (Å²) in [5, 5.41) is 0. The number of halogens is 1. The zero-order valence-corrected chi connectivity index (χ0v) is 14.8. The predicted octanol–water partition coefficient (Wildman–Crippen LogP) is 2.57. The predicted molar refractivity (Wildman–Crippen MR) is 95.1 cm³/mol. The van der Waals surface area contributed by atoms with Gasteiger partial charge in [-0.1, -0.05) is 36.4 Å². The van der Waals surface area contributed by atoms with E-state index in [-0.39, 0.29) is 17.6 Å². The Morgan fingerprint density at radius 1 is 1.00 bits per heavy atom. The van der Waals surface area contributed by atoms with Crippen molar-refractivity contribution in [2.45, 2.75) is 18.2 Å². The van der Waals surface area contributed by atoms with Crippen LogP contribution in [0.25, 0.3) is 0 Å². The van der Waals surface area contributed by atoms with Gasteiger partial charge in [-0.25, -0.2) is 12.8 Å². The van der Waals surface area contributed by atoms with E-state index in [0.29, 0.717) is 18.7 Å². The minimum Gasteiger partial charge on any atom is -0.293 e. The van der Waals surface area contributed by atoms with Crippen molar-refractivity contribution in [1.29, 1.82) is 0 Å². The molecule has 4 nitrogen and oxygen atoms in total. The van der Waals surface area contributed by atoms with Crippen LogP contribution in [-0.4, -0.2) is 43.8 Å². The van der Waals surface area contributed by atoms with E-state index in [1.165, 1.54) is 23.3 Å². The lowest BCUT2D eigenvalue weighted by Gasteiger charge is -2.44. The summed E-state index contributed by atoms with van der Waals surface area (Å²) >= 11 is 0. The summed E-state index contributed by atoms with van der Waals surface area (Å²) in [6, 6.07) is 14.1. The minimum absolute atomic E-state index is 0.0817. The summed E-state index contributed by atoms with van der Waals surface area (Å²) in [6.07, 6.45) is 1.02. The molecule has 0 N–H and O–H groups in total. The van der Waals surface area contributed by atoms with Crippen LogP contribution in [0.3, 0.4) is 0 Å². The Morgan fingerprint density at radius 2 is 1.76 bits per heavy atom. The minimum atomic E-state index is -3.42. The SMILES string of the molecule is O=S(=O)(Cc1ccc(F)cc1)N1CCN2CCc3ccccc3C2C1. The first-order valence-corrected chi connectivity index (χ1v) is 10.2. The molecule has 0 aromatic heterocycles. The first kappa shape index (κ1) is 16.7. The molecule has 4 rings (SSSR count). The summed E-state index contributed by atoms with van der Waals surface area (Å²) < 4.78 is 40.3. The van der Waals surface area contributed by atoms with Gasteiger partial charge in [-0.15, -0.1) is 0 Å². The van der Waals surface area contributed by atoms with Gasteiger partial charge in [-0.2, -0.15) is 4.31 Å². The molecule has 0 spiro atoms. The summed E-state index contributed by atoms with van der Waals surface area (Å²) in [4.78, 5) is 2.38. The first-order chi connectivity index (χ1) is 12.0. The fourth-order valence-electron chi connectivity index (χ4n) is 3.84. The fourth-order valence-corrected chi connectivity index (χ4v) is 5.37. The monoisotopic (exact) mass is 360 g/mol. The van der Waals surface area contributed by atoms with E-state index in [2.05, 4.69) is 17.0 Å². The number of rotatable bonds is 3. The highest BCUT2D eigenvalue weighted by Gasteiger charge is 2.36. The second kappa shape index (κ2) is 6.52. The molecule has 132 valence electrons. The lowest BCUT2D eigenvalue weighted by molar-refractivity contribution is 0.109. The van der Waals surface area contributed by atoms with Crippen molar-refractivity contribution in [2.24, 2.45) is 0 Å². The van der Waals surface area contributed by atoms with Gasteiger partial charge in [0, 0.05) is 32.2 Å². The number of hydrogen-bond acceptors (Lipinski definition) is 3. The molecule has 6 heteroatoms. The van der Waals surface area contributed by atoms with Gasteiger partial charge in [0.25, 0.3) is 0 Å². The molecule has 0 saturated carbocycles. The third-order valence-corrected chi connectivity index (χ3v) is 7.01. The number of fused-ring (bicyclic) bond motifs is 3. The van der Waals surface area contributed by atoms with E-state index < -0.39 is 10.0 Å². The van der Waals surface area contributed by atoms with Gasteiger partial charge in [-0.3, -0.25) is 4.90 Å². The zero-order chi connectivity index (χ0) is 17.4. The Morgan fingerprint density at radius 3 is 2.56 bits per heavy atom. The van der Waals surface area contributed by atoms with Gasteiger partial charge >= 0.3 is 0 Å². The molecule has 0 aliphatic carbocycles. The molecular formula is C19H21FN2O2S. The van der Waals surface area contributed by atoms with Crippen molar-refractivity contribution in [3.05, 3.63) is 71.0 Å². The molecule has 1 atom stereocenters. The van der Waals surface area contributed by atoms with E-state index >= 15 is 0 Å². The molecule has 1 unspecified atom stereocenters. The first-order valence-electron chi connectivity index (χ1n) is 8.57. The van der Waals surface area contributed by atoms with Crippen LogP contribution in [-0.2, 0) is 22.2 Å². The van der Waals surface area contributed by atoms with Gasteiger partial charge in [0.1, 0.15) is 5.82 Å². The number of sulfonamides is 1. The van der Waals surface area contributed by atoms with E-state index in [1.54, 1.807) is 16.4 Å². The standard InChI is InChI=1S/C19H21FN2O2S/c20-17-7-5-15(6-8-17)14-25(23,24)22-12-11-21-10-9-16-3-1-2-4-18(16)19(21)13-22/h1-8,19H,9-14H2.